The predicted molar refractivity (Wildman–Crippen MR) is 132 cm³/mol. The first-order chi connectivity index (χ1) is 17.0. The summed E-state index contributed by atoms with van der Waals surface area (Å²) in [5, 5.41) is 15.4. The lowest BCUT2D eigenvalue weighted by Crippen LogP contribution is -2.44. The van der Waals surface area contributed by atoms with Crippen molar-refractivity contribution < 1.29 is 23.9 Å². The van der Waals surface area contributed by atoms with Crippen molar-refractivity contribution in [1.29, 1.82) is 5.26 Å². The third-order valence-electron chi connectivity index (χ3n) is 5.87. The molecule has 0 radical (unpaired) electrons. The minimum Gasteiger partial charge on any atom is -0.468 e. The number of nitrogens with one attached hydrogen (secondary N) is 1. The SMILES string of the molecule is COC(=O)c1ccc([C@H]2C(C#N)=C(SCc3ccc4ccccc4c3)NC(=O)[C@H]2C(=O)OC)cc1. The molecule has 35 heavy (non-hydrogen) atoms. The minimum absolute atomic E-state index is 0.261. The largest absolute Gasteiger partial charge is 0.468 e. The van der Waals surface area contributed by atoms with E-state index in [0.717, 1.165) is 16.3 Å². The number of nitriles is 1. The first-order valence-electron chi connectivity index (χ1n) is 10.8. The zero-order chi connectivity index (χ0) is 24.9. The number of carbonyl (C=O) groups excluding carboxylic acids is 3. The van der Waals surface area contributed by atoms with E-state index in [2.05, 4.69) is 17.5 Å². The average Bonchev–Trinajstić information content (AvgIpc) is 2.90. The van der Waals surface area contributed by atoms with Crippen LogP contribution < -0.4 is 5.32 Å². The summed E-state index contributed by atoms with van der Waals surface area (Å²) in [5.74, 6) is -3.36. The quantitative estimate of drug-likeness (QED) is 0.409. The summed E-state index contributed by atoms with van der Waals surface area (Å²) in [5.41, 5.74) is 2.15. The first-order valence-corrected chi connectivity index (χ1v) is 11.8. The molecule has 3 aromatic rings. The zero-order valence-electron chi connectivity index (χ0n) is 19.1. The van der Waals surface area contributed by atoms with Crippen LogP contribution in [0.25, 0.3) is 10.8 Å². The van der Waals surface area contributed by atoms with Gasteiger partial charge in [-0.3, -0.25) is 9.59 Å². The molecule has 2 atom stereocenters. The molecule has 0 bridgehead atoms. The van der Waals surface area contributed by atoms with Gasteiger partial charge in [0.1, 0.15) is 5.92 Å². The van der Waals surface area contributed by atoms with Crippen molar-refractivity contribution in [2.45, 2.75) is 11.7 Å². The molecule has 0 aromatic heterocycles. The molecule has 1 amide bonds. The van der Waals surface area contributed by atoms with Gasteiger partial charge in [0.15, 0.2) is 0 Å². The fraction of sp³-hybridized carbons (Fsp3) is 0.185. The highest BCUT2D eigenvalue weighted by Gasteiger charge is 2.44. The molecule has 7 nitrogen and oxygen atoms in total. The summed E-state index contributed by atoms with van der Waals surface area (Å²) in [6.07, 6.45) is 0. The number of nitrogens with zero attached hydrogens (tertiary/aromatic N) is 1. The Hall–Kier alpha value is -4.09. The van der Waals surface area contributed by atoms with Gasteiger partial charge in [0.2, 0.25) is 5.91 Å². The number of fused-ring (bicyclic) bond motifs is 1. The van der Waals surface area contributed by atoms with Gasteiger partial charge in [-0.25, -0.2) is 4.79 Å². The molecule has 4 rings (SSSR count). The molecule has 176 valence electrons. The second kappa shape index (κ2) is 10.5. The highest BCUT2D eigenvalue weighted by Crippen LogP contribution is 2.41. The molecule has 1 N–H and O–H groups in total. The van der Waals surface area contributed by atoms with E-state index in [9.17, 15) is 19.6 Å². The van der Waals surface area contributed by atoms with Crippen molar-refractivity contribution in [1.82, 2.24) is 5.32 Å². The number of hydrogen-bond acceptors (Lipinski definition) is 7. The number of amides is 1. The maximum atomic E-state index is 13.0. The average molecular weight is 487 g/mol. The Labute approximate surface area is 206 Å². The molecular weight excluding hydrogens is 464 g/mol. The van der Waals surface area contributed by atoms with Crippen molar-refractivity contribution in [3.63, 3.8) is 0 Å². The van der Waals surface area contributed by atoms with Crippen LogP contribution in [-0.2, 0) is 24.8 Å². The van der Waals surface area contributed by atoms with Crippen molar-refractivity contribution in [3.8, 4) is 6.07 Å². The lowest BCUT2D eigenvalue weighted by molar-refractivity contribution is -0.150. The zero-order valence-corrected chi connectivity index (χ0v) is 19.9. The van der Waals surface area contributed by atoms with Gasteiger partial charge < -0.3 is 14.8 Å². The van der Waals surface area contributed by atoms with E-state index in [1.807, 2.05) is 36.4 Å². The fourth-order valence-corrected chi connectivity index (χ4v) is 5.10. The van der Waals surface area contributed by atoms with Crippen molar-refractivity contribution >= 4 is 40.4 Å². The standard InChI is InChI=1S/C27H22N2O5S/c1-33-26(31)19-11-9-18(10-12-19)22-21(14-28)25(29-24(30)23(22)27(32)34-2)35-15-16-7-8-17-5-3-4-6-20(17)13-16/h3-13,22-23H,15H2,1-2H3,(H,29,30)/t22-,23-/m0/s1. The van der Waals surface area contributed by atoms with Crippen LogP contribution in [0.3, 0.4) is 0 Å². The molecule has 0 spiro atoms. The number of methoxy groups -OCH3 is 2. The highest BCUT2D eigenvalue weighted by molar-refractivity contribution is 8.02. The van der Waals surface area contributed by atoms with Gasteiger partial charge >= 0.3 is 11.9 Å². The van der Waals surface area contributed by atoms with Crippen LogP contribution in [0.5, 0.6) is 0 Å². The van der Waals surface area contributed by atoms with Crippen LogP contribution in [-0.4, -0.2) is 32.1 Å². The third-order valence-corrected chi connectivity index (χ3v) is 6.96. The smallest absolute Gasteiger partial charge is 0.337 e. The topological polar surface area (TPSA) is 105 Å². The Morgan fingerprint density at radius 1 is 1.00 bits per heavy atom. The van der Waals surface area contributed by atoms with Gasteiger partial charge in [-0.1, -0.05) is 54.6 Å². The van der Waals surface area contributed by atoms with Crippen LogP contribution in [0.15, 0.2) is 77.3 Å². The summed E-state index contributed by atoms with van der Waals surface area (Å²) < 4.78 is 9.61. The molecule has 0 unspecified atom stereocenters. The molecule has 8 heteroatoms. The number of rotatable bonds is 6. The van der Waals surface area contributed by atoms with Crippen molar-refractivity contribution in [3.05, 3.63) is 94.0 Å². The van der Waals surface area contributed by atoms with E-state index in [0.29, 0.717) is 21.9 Å². The number of carbonyl (C=O) groups is 3. The van der Waals surface area contributed by atoms with E-state index in [1.54, 1.807) is 24.3 Å². The highest BCUT2D eigenvalue weighted by atomic mass is 32.2. The van der Waals surface area contributed by atoms with Gasteiger partial charge in [0.05, 0.1) is 36.5 Å². The van der Waals surface area contributed by atoms with Crippen molar-refractivity contribution in [2.75, 3.05) is 14.2 Å². The van der Waals surface area contributed by atoms with E-state index in [1.165, 1.54) is 26.0 Å². The summed E-state index contributed by atoms with van der Waals surface area (Å²) in [6.45, 7) is 0. The molecule has 1 heterocycles. The number of thioether (sulfide) groups is 1. The Kier molecular flexibility index (Phi) is 7.18. The van der Waals surface area contributed by atoms with Crippen LogP contribution in [0.1, 0.15) is 27.4 Å². The number of hydrogen-bond donors (Lipinski definition) is 1. The van der Waals surface area contributed by atoms with E-state index < -0.39 is 29.7 Å². The summed E-state index contributed by atoms with van der Waals surface area (Å²) in [4.78, 5) is 37.4. The van der Waals surface area contributed by atoms with Gasteiger partial charge in [-0.2, -0.15) is 5.26 Å². The maximum absolute atomic E-state index is 13.0. The van der Waals surface area contributed by atoms with Crippen LogP contribution in [0.4, 0.5) is 0 Å². The van der Waals surface area contributed by atoms with Gasteiger partial charge in [0.25, 0.3) is 0 Å². The molecule has 1 aliphatic heterocycles. The fourth-order valence-electron chi connectivity index (χ4n) is 4.11. The van der Waals surface area contributed by atoms with E-state index in [4.69, 9.17) is 9.47 Å². The van der Waals surface area contributed by atoms with Gasteiger partial charge in [0, 0.05) is 11.7 Å². The summed E-state index contributed by atoms with van der Waals surface area (Å²) >= 11 is 1.33. The number of ether oxygens (including phenoxy) is 2. The van der Waals surface area contributed by atoms with Gasteiger partial charge in [-0.05, 0) is 34.0 Å². The second-order valence-corrected chi connectivity index (χ2v) is 8.89. The molecule has 0 aliphatic carbocycles. The molecule has 0 saturated carbocycles. The number of benzene rings is 3. The maximum Gasteiger partial charge on any atom is 0.337 e. The summed E-state index contributed by atoms with van der Waals surface area (Å²) in [7, 11) is 2.48. The van der Waals surface area contributed by atoms with Crippen LogP contribution in [0.2, 0.25) is 0 Å². The van der Waals surface area contributed by atoms with Crippen molar-refractivity contribution in [2.24, 2.45) is 5.92 Å². The Balaban J connectivity index is 1.70. The molecule has 0 saturated heterocycles. The third kappa shape index (κ3) is 4.91. The molecule has 0 fully saturated rings. The van der Waals surface area contributed by atoms with E-state index >= 15 is 0 Å². The van der Waals surface area contributed by atoms with Gasteiger partial charge in [-0.15, -0.1) is 11.8 Å². The first kappa shape index (κ1) is 24.0. The number of allylic oxidation sites excluding steroid dienone is 1. The summed E-state index contributed by atoms with van der Waals surface area (Å²) in [6, 6.07) is 22.6. The number of esters is 2. The Morgan fingerprint density at radius 2 is 1.71 bits per heavy atom. The molecule has 3 aromatic carbocycles. The minimum atomic E-state index is -1.23. The molecular formula is C27H22N2O5S. The van der Waals surface area contributed by atoms with E-state index in [-0.39, 0.29) is 5.57 Å². The lowest BCUT2D eigenvalue weighted by Gasteiger charge is -2.31. The predicted octanol–water partition coefficient (Wildman–Crippen LogP) is 4.30. The second-order valence-electron chi connectivity index (χ2n) is 7.91. The lowest BCUT2D eigenvalue weighted by atomic mass is 9.78. The van der Waals surface area contributed by atoms with Crippen LogP contribution >= 0.6 is 11.8 Å². The Bertz CT molecular complexity index is 1370. The molecule has 1 aliphatic rings. The van der Waals surface area contributed by atoms with Crippen LogP contribution in [0, 0.1) is 17.2 Å². The monoisotopic (exact) mass is 486 g/mol. The normalized spacial score (nSPS) is 17.5. The Morgan fingerprint density at radius 3 is 2.37 bits per heavy atom.